The molecule has 0 radical (unpaired) electrons. The van der Waals surface area contributed by atoms with Gasteiger partial charge in [-0.1, -0.05) is 23.7 Å². The van der Waals surface area contributed by atoms with Crippen LogP contribution in [0, 0.1) is 0 Å². The highest BCUT2D eigenvalue weighted by Crippen LogP contribution is 2.36. The number of anilines is 1. The van der Waals surface area contributed by atoms with Crippen molar-refractivity contribution < 1.29 is 19.2 Å². The normalized spacial score (nSPS) is 14.7. The fourth-order valence-corrected chi connectivity index (χ4v) is 4.42. The molecule has 0 aliphatic carbocycles. The van der Waals surface area contributed by atoms with Crippen LogP contribution in [0.25, 0.3) is 11.1 Å². The number of carbonyl (C=O) groups excluding carboxylic acids is 2. The molecule has 1 amide bonds. The number of piperidine rings is 1. The molecule has 1 aliphatic heterocycles. The van der Waals surface area contributed by atoms with E-state index < -0.39 is 5.97 Å². The predicted molar refractivity (Wildman–Crippen MR) is 109 cm³/mol. The largest absolute Gasteiger partial charge is 0.462 e. The molecule has 2 N–H and O–H groups in total. The molecule has 2 heterocycles. The third-order valence-corrected chi connectivity index (χ3v) is 5.80. The van der Waals surface area contributed by atoms with Gasteiger partial charge in [-0.15, -0.1) is 11.3 Å². The standard InChI is InChI=1S/C20H23ClN2O3S/c1-2-26-20(25)18-16(14-6-8-15(21)9-7-14)13-27-19(18)22-17(24)12-23-10-4-3-5-11-23/h6-9,13H,2-5,10-12H2,1H3,(H,22,24)/p+1. The van der Waals surface area contributed by atoms with E-state index in [1.54, 1.807) is 19.1 Å². The first kappa shape index (κ1) is 19.9. The highest BCUT2D eigenvalue weighted by molar-refractivity contribution is 7.15. The van der Waals surface area contributed by atoms with Gasteiger partial charge in [0.15, 0.2) is 6.54 Å². The molecule has 2 aromatic rings. The van der Waals surface area contributed by atoms with Crippen LogP contribution < -0.4 is 10.2 Å². The zero-order valence-electron chi connectivity index (χ0n) is 15.3. The highest BCUT2D eigenvalue weighted by Gasteiger charge is 2.24. The SMILES string of the molecule is CCOC(=O)c1c(-c2ccc(Cl)cc2)csc1NC(=O)C[NH+]1CCCCC1. The van der Waals surface area contributed by atoms with Gasteiger partial charge in [0.2, 0.25) is 0 Å². The molecule has 144 valence electrons. The fourth-order valence-electron chi connectivity index (χ4n) is 3.32. The minimum atomic E-state index is -0.427. The van der Waals surface area contributed by atoms with Crippen LogP contribution in [0.2, 0.25) is 5.02 Å². The second kappa shape index (κ2) is 9.35. The van der Waals surface area contributed by atoms with Crippen LogP contribution in [-0.2, 0) is 9.53 Å². The molecule has 1 aromatic carbocycles. The maximum absolute atomic E-state index is 12.6. The molecule has 3 rings (SSSR count). The summed E-state index contributed by atoms with van der Waals surface area (Å²) >= 11 is 7.31. The van der Waals surface area contributed by atoms with E-state index >= 15 is 0 Å². The molecule has 27 heavy (non-hydrogen) atoms. The fraction of sp³-hybridized carbons (Fsp3) is 0.400. The lowest BCUT2D eigenvalue weighted by Crippen LogP contribution is -3.13. The number of thiophene rings is 1. The maximum atomic E-state index is 12.6. The third-order valence-electron chi connectivity index (χ3n) is 4.65. The van der Waals surface area contributed by atoms with Crippen molar-refractivity contribution in [1.82, 2.24) is 0 Å². The van der Waals surface area contributed by atoms with E-state index in [9.17, 15) is 9.59 Å². The second-order valence-electron chi connectivity index (χ2n) is 6.62. The van der Waals surface area contributed by atoms with Gasteiger partial charge in [0.25, 0.3) is 5.91 Å². The summed E-state index contributed by atoms with van der Waals surface area (Å²) in [5, 5.41) is 5.98. The molecular weight excluding hydrogens is 384 g/mol. The Balaban J connectivity index is 1.82. The maximum Gasteiger partial charge on any atom is 0.341 e. The Labute approximate surface area is 168 Å². The van der Waals surface area contributed by atoms with E-state index in [0.29, 0.717) is 22.1 Å². The number of esters is 1. The molecule has 1 aliphatic rings. The number of hydrogen-bond acceptors (Lipinski definition) is 4. The molecule has 1 aromatic heterocycles. The van der Waals surface area contributed by atoms with Crippen molar-refractivity contribution in [2.75, 3.05) is 31.6 Å². The summed E-state index contributed by atoms with van der Waals surface area (Å²) in [7, 11) is 0. The van der Waals surface area contributed by atoms with Gasteiger partial charge in [-0.3, -0.25) is 4.79 Å². The molecule has 0 saturated carbocycles. The zero-order valence-corrected chi connectivity index (χ0v) is 16.9. The Morgan fingerprint density at radius 3 is 2.56 bits per heavy atom. The lowest BCUT2D eigenvalue weighted by atomic mass is 10.0. The number of likely N-dealkylation sites (tertiary alicyclic amines) is 1. The Hall–Kier alpha value is -1.89. The number of halogens is 1. The van der Waals surface area contributed by atoms with Crippen molar-refractivity contribution in [3.63, 3.8) is 0 Å². The molecule has 0 bridgehead atoms. The second-order valence-corrected chi connectivity index (χ2v) is 7.93. The van der Waals surface area contributed by atoms with Crippen molar-refractivity contribution in [1.29, 1.82) is 0 Å². The van der Waals surface area contributed by atoms with Gasteiger partial charge in [0.05, 0.1) is 19.7 Å². The Bertz CT molecular complexity index is 798. The minimum Gasteiger partial charge on any atom is -0.462 e. The van der Waals surface area contributed by atoms with Crippen LogP contribution in [0.4, 0.5) is 5.00 Å². The average Bonchev–Trinajstić information content (AvgIpc) is 3.06. The number of rotatable bonds is 6. The number of hydrogen-bond donors (Lipinski definition) is 2. The van der Waals surface area contributed by atoms with Crippen LogP contribution in [0.5, 0.6) is 0 Å². The molecule has 1 saturated heterocycles. The van der Waals surface area contributed by atoms with Crippen LogP contribution in [0.3, 0.4) is 0 Å². The van der Waals surface area contributed by atoms with Gasteiger partial charge < -0.3 is 15.0 Å². The summed E-state index contributed by atoms with van der Waals surface area (Å²) in [5.41, 5.74) is 2.02. The molecule has 0 spiro atoms. The summed E-state index contributed by atoms with van der Waals surface area (Å²) in [6.07, 6.45) is 3.57. The molecular formula is C20H24ClN2O3S+. The summed E-state index contributed by atoms with van der Waals surface area (Å²) in [4.78, 5) is 26.4. The third kappa shape index (κ3) is 5.09. The molecule has 0 atom stereocenters. The molecule has 5 nitrogen and oxygen atoms in total. The number of ether oxygens (including phenoxy) is 1. The monoisotopic (exact) mass is 407 g/mol. The van der Waals surface area contributed by atoms with Crippen LogP contribution in [0.1, 0.15) is 36.5 Å². The van der Waals surface area contributed by atoms with E-state index in [1.165, 1.54) is 22.7 Å². The van der Waals surface area contributed by atoms with Gasteiger partial charge in [-0.05, 0) is 43.9 Å². The van der Waals surface area contributed by atoms with Gasteiger partial charge in [0, 0.05) is 16.0 Å². The lowest BCUT2D eigenvalue weighted by Gasteiger charge is -2.22. The highest BCUT2D eigenvalue weighted by atomic mass is 35.5. The lowest BCUT2D eigenvalue weighted by molar-refractivity contribution is -0.896. The average molecular weight is 408 g/mol. The number of benzene rings is 1. The van der Waals surface area contributed by atoms with E-state index in [2.05, 4.69) is 5.32 Å². The zero-order chi connectivity index (χ0) is 19.2. The first-order valence-corrected chi connectivity index (χ1v) is 10.5. The van der Waals surface area contributed by atoms with E-state index in [1.807, 2.05) is 17.5 Å². The van der Waals surface area contributed by atoms with E-state index in [0.717, 1.165) is 37.1 Å². The molecule has 1 fully saturated rings. The molecule has 7 heteroatoms. The van der Waals surface area contributed by atoms with Crippen LogP contribution in [-0.4, -0.2) is 38.1 Å². The first-order chi connectivity index (χ1) is 13.1. The van der Waals surface area contributed by atoms with Crippen LogP contribution >= 0.6 is 22.9 Å². The Morgan fingerprint density at radius 2 is 1.89 bits per heavy atom. The quantitative estimate of drug-likeness (QED) is 0.722. The van der Waals surface area contributed by atoms with Gasteiger partial charge in [-0.25, -0.2) is 4.79 Å². The molecule has 0 unspecified atom stereocenters. The number of nitrogens with one attached hydrogen (secondary N) is 2. The van der Waals surface area contributed by atoms with E-state index in [-0.39, 0.29) is 12.5 Å². The Morgan fingerprint density at radius 1 is 1.19 bits per heavy atom. The van der Waals surface area contributed by atoms with Crippen molar-refractivity contribution in [2.24, 2.45) is 0 Å². The summed E-state index contributed by atoms with van der Waals surface area (Å²) in [6.45, 7) is 4.53. The van der Waals surface area contributed by atoms with Crippen molar-refractivity contribution in [3.05, 3.63) is 40.2 Å². The summed E-state index contributed by atoms with van der Waals surface area (Å²) in [5.74, 6) is -0.494. The topological polar surface area (TPSA) is 59.8 Å². The van der Waals surface area contributed by atoms with E-state index in [4.69, 9.17) is 16.3 Å². The predicted octanol–water partition coefficient (Wildman–Crippen LogP) is 3.25. The smallest absolute Gasteiger partial charge is 0.341 e. The summed E-state index contributed by atoms with van der Waals surface area (Å²) in [6, 6.07) is 7.27. The number of quaternary nitrogens is 1. The van der Waals surface area contributed by atoms with Gasteiger partial charge in [0.1, 0.15) is 10.6 Å². The van der Waals surface area contributed by atoms with Crippen molar-refractivity contribution >= 4 is 39.8 Å². The summed E-state index contributed by atoms with van der Waals surface area (Å²) < 4.78 is 5.23. The first-order valence-electron chi connectivity index (χ1n) is 9.26. The number of amides is 1. The van der Waals surface area contributed by atoms with Crippen LogP contribution in [0.15, 0.2) is 29.6 Å². The minimum absolute atomic E-state index is 0.0676. The van der Waals surface area contributed by atoms with Gasteiger partial charge in [-0.2, -0.15) is 0 Å². The Kier molecular flexibility index (Phi) is 6.88. The van der Waals surface area contributed by atoms with Crippen molar-refractivity contribution in [2.45, 2.75) is 26.2 Å². The van der Waals surface area contributed by atoms with Crippen molar-refractivity contribution in [3.8, 4) is 11.1 Å². The van der Waals surface area contributed by atoms with Gasteiger partial charge >= 0.3 is 5.97 Å². The number of carbonyl (C=O) groups is 2.